The van der Waals surface area contributed by atoms with Crippen molar-refractivity contribution >= 4 is 40.9 Å². The quantitative estimate of drug-likeness (QED) is 0.759. The summed E-state index contributed by atoms with van der Waals surface area (Å²) in [7, 11) is 0. The van der Waals surface area contributed by atoms with Crippen LogP contribution in [0.3, 0.4) is 0 Å². The van der Waals surface area contributed by atoms with E-state index < -0.39 is 11.4 Å². The van der Waals surface area contributed by atoms with Crippen LogP contribution in [0.25, 0.3) is 0 Å². The Morgan fingerprint density at radius 2 is 1.96 bits per heavy atom. The number of amides is 2. The molecular formula is C17H22N2O4S. The number of aliphatic carboxylic acids is 1. The van der Waals surface area contributed by atoms with Gasteiger partial charge in [0.25, 0.3) is 0 Å². The number of nitrogens with one attached hydrogen (secondary N) is 2. The van der Waals surface area contributed by atoms with Crippen LogP contribution < -0.4 is 10.6 Å². The summed E-state index contributed by atoms with van der Waals surface area (Å²) in [6, 6.07) is 3.58. The number of thioether (sulfide) groups is 1. The molecule has 1 aromatic rings. The fourth-order valence-electron chi connectivity index (χ4n) is 2.84. The smallest absolute Gasteiger partial charge is 0.311 e. The van der Waals surface area contributed by atoms with E-state index >= 15 is 0 Å². The molecule has 2 rings (SSSR count). The Bertz CT molecular complexity index is 681. The highest BCUT2D eigenvalue weighted by molar-refractivity contribution is 7.99. The van der Waals surface area contributed by atoms with Gasteiger partial charge in [0.05, 0.1) is 5.41 Å². The standard InChI is InChI=1S/C17H22N2O4S/c1-10-4-5-13(11(2)15(10)18-12(3)20)19-14(21)8-17(16(22)23)6-7-24-9-17/h4-5H,6-9H2,1-3H3,(H,18,20)(H,19,21)(H,22,23). The Morgan fingerprint density at radius 1 is 1.25 bits per heavy atom. The van der Waals surface area contributed by atoms with E-state index in [9.17, 15) is 19.5 Å². The number of carbonyl (C=O) groups excluding carboxylic acids is 2. The van der Waals surface area contributed by atoms with Gasteiger partial charge < -0.3 is 15.7 Å². The Labute approximate surface area is 145 Å². The zero-order chi connectivity index (χ0) is 17.9. The minimum absolute atomic E-state index is 0.0435. The molecule has 24 heavy (non-hydrogen) atoms. The zero-order valence-corrected chi connectivity index (χ0v) is 14.9. The predicted molar refractivity (Wildman–Crippen MR) is 95.5 cm³/mol. The molecule has 1 saturated heterocycles. The minimum Gasteiger partial charge on any atom is -0.481 e. The van der Waals surface area contributed by atoms with Crippen molar-refractivity contribution in [2.45, 2.75) is 33.6 Å². The molecule has 1 aliphatic heterocycles. The van der Waals surface area contributed by atoms with Crippen molar-refractivity contribution in [2.75, 3.05) is 22.1 Å². The zero-order valence-electron chi connectivity index (χ0n) is 14.1. The highest BCUT2D eigenvalue weighted by atomic mass is 32.2. The number of carboxylic acids is 1. The summed E-state index contributed by atoms with van der Waals surface area (Å²) >= 11 is 1.56. The largest absolute Gasteiger partial charge is 0.481 e. The summed E-state index contributed by atoms with van der Waals surface area (Å²) in [5, 5.41) is 15.0. The molecule has 1 aliphatic rings. The lowest BCUT2D eigenvalue weighted by Gasteiger charge is -2.23. The number of anilines is 2. The van der Waals surface area contributed by atoms with Gasteiger partial charge in [-0.25, -0.2) is 0 Å². The van der Waals surface area contributed by atoms with Crippen LogP contribution >= 0.6 is 11.8 Å². The van der Waals surface area contributed by atoms with Crippen molar-refractivity contribution < 1.29 is 19.5 Å². The van der Waals surface area contributed by atoms with Gasteiger partial charge in [-0.15, -0.1) is 0 Å². The van der Waals surface area contributed by atoms with Crippen molar-refractivity contribution in [3.63, 3.8) is 0 Å². The van der Waals surface area contributed by atoms with Gasteiger partial charge in [-0.1, -0.05) is 6.07 Å². The molecule has 1 fully saturated rings. The van der Waals surface area contributed by atoms with E-state index in [1.807, 2.05) is 19.9 Å². The van der Waals surface area contributed by atoms with Crippen molar-refractivity contribution in [1.29, 1.82) is 0 Å². The summed E-state index contributed by atoms with van der Waals surface area (Å²) in [5.74, 6) is -0.199. The average Bonchev–Trinajstić information content (AvgIpc) is 2.96. The van der Waals surface area contributed by atoms with Crippen LogP contribution in [0.4, 0.5) is 11.4 Å². The first-order valence-electron chi connectivity index (χ1n) is 7.74. The van der Waals surface area contributed by atoms with Crippen molar-refractivity contribution in [3.05, 3.63) is 23.3 Å². The number of rotatable bonds is 5. The predicted octanol–water partition coefficient (Wildman–Crippen LogP) is 2.80. The summed E-state index contributed by atoms with van der Waals surface area (Å²) in [6.45, 7) is 5.11. The van der Waals surface area contributed by atoms with Crippen LogP contribution in [0.5, 0.6) is 0 Å². The van der Waals surface area contributed by atoms with Gasteiger partial charge in [-0.05, 0) is 43.2 Å². The van der Waals surface area contributed by atoms with Gasteiger partial charge in [0.2, 0.25) is 11.8 Å². The average molecular weight is 350 g/mol. The highest BCUT2D eigenvalue weighted by Crippen LogP contribution is 2.39. The van der Waals surface area contributed by atoms with Gasteiger partial charge in [0, 0.05) is 30.5 Å². The van der Waals surface area contributed by atoms with Gasteiger partial charge >= 0.3 is 5.97 Å². The number of aryl methyl sites for hydroxylation is 1. The molecule has 0 aromatic heterocycles. The van der Waals surface area contributed by atoms with Crippen LogP contribution in [0.2, 0.25) is 0 Å². The van der Waals surface area contributed by atoms with Crippen LogP contribution in [0, 0.1) is 19.3 Å². The van der Waals surface area contributed by atoms with Crippen LogP contribution in [0.15, 0.2) is 12.1 Å². The SMILES string of the molecule is CC(=O)Nc1c(C)ccc(NC(=O)CC2(C(=O)O)CCSC2)c1C. The molecule has 2 amide bonds. The molecule has 1 atom stereocenters. The molecule has 0 radical (unpaired) electrons. The summed E-state index contributed by atoms with van der Waals surface area (Å²) < 4.78 is 0. The second kappa shape index (κ2) is 7.25. The molecule has 1 aromatic carbocycles. The minimum atomic E-state index is -0.978. The van der Waals surface area contributed by atoms with E-state index in [4.69, 9.17) is 0 Å². The topological polar surface area (TPSA) is 95.5 Å². The Kier molecular flexibility index (Phi) is 5.54. The fourth-order valence-corrected chi connectivity index (χ4v) is 4.28. The van der Waals surface area contributed by atoms with E-state index in [2.05, 4.69) is 10.6 Å². The first kappa shape index (κ1) is 18.3. The lowest BCUT2D eigenvalue weighted by atomic mass is 9.84. The van der Waals surface area contributed by atoms with E-state index in [1.54, 1.807) is 17.8 Å². The third kappa shape index (κ3) is 3.90. The highest BCUT2D eigenvalue weighted by Gasteiger charge is 2.43. The third-order valence-corrected chi connectivity index (χ3v) is 5.55. The lowest BCUT2D eigenvalue weighted by molar-refractivity contribution is -0.149. The molecular weight excluding hydrogens is 328 g/mol. The monoisotopic (exact) mass is 350 g/mol. The van der Waals surface area contributed by atoms with E-state index in [1.165, 1.54) is 6.92 Å². The van der Waals surface area contributed by atoms with Crippen molar-refractivity contribution in [2.24, 2.45) is 5.41 Å². The summed E-state index contributed by atoms with van der Waals surface area (Å²) in [4.78, 5) is 35.3. The van der Waals surface area contributed by atoms with Crippen LogP contribution in [-0.4, -0.2) is 34.4 Å². The Morgan fingerprint density at radius 3 is 2.50 bits per heavy atom. The molecule has 1 heterocycles. The number of hydrogen-bond donors (Lipinski definition) is 3. The Hall–Kier alpha value is -2.02. The van der Waals surface area contributed by atoms with E-state index in [-0.39, 0.29) is 18.2 Å². The molecule has 3 N–H and O–H groups in total. The first-order valence-corrected chi connectivity index (χ1v) is 8.89. The number of benzene rings is 1. The van der Waals surface area contributed by atoms with Crippen molar-refractivity contribution in [3.8, 4) is 0 Å². The van der Waals surface area contributed by atoms with Gasteiger partial charge in [0.1, 0.15) is 0 Å². The maximum Gasteiger partial charge on any atom is 0.311 e. The van der Waals surface area contributed by atoms with Gasteiger partial charge in [0.15, 0.2) is 0 Å². The normalized spacial score (nSPS) is 19.8. The second-order valence-electron chi connectivity index (χ2n) is 6.22. The molecule has 0 saturated carbocycles. The van der Waals surface area contributed by atoms with Crippen molar-refractivity contribution in [1.82, 2.24) is 0 Å². The molecule has 1 unspecified atom stereocenters. The molecule has 0 bridgehead atoms. The molecule has 0 aliphatic carbocycles. The van der Waals surface area contributed by atoms with Gasteiger partial charge in [-0.2, -0.15) is 11.8 Å². The molecule has 0 spiro atoms. The fraction of sp³-hybridized carbons (Fsp3) is 0.471. The summed E-state index contributed by atoms with van der Waals surface area (Å²) in [5.41, 5.74) is 1.93. The van der Waals surface area contributed by atoms with Crippen LogP contribution in [0.1, 0.15) is 30.9 Å². The van der Waals surface area contributed by atoms with E-state index in [0.29, 0.717) is 23.5 Å². The number of carboxylic acid groups (broad SMARTS) is 1. The third-order valence-electron chi connectivity index (χ3n) is 4.30. The number of carbonyl (C=O) groups is 3. The Balaban J connectivity index is 2.17. The van der Waals surface area contributed by atoms with E-state index in [0.717, 1.165) is 16.9 Å². The first-order chi connectivity index (χ1) is 11.2. The maximum absolute atomic E-state index is 12.4. The maximum atomic E-state index is 12.4. The number of hydrogen-bond acceptors (Lipinski definition) is 4. The lowest BCUT2D eigenvalue weighted by Crippen LogP contribution is -2.35. The molecule has 130 valence electrons. The second-order valence-corrected chi connectivity index (χ2v) is 7.33. The van der Waals surface area contributed by atoms with Gasteiger partial charge in [-0.3, -0.25) is 14.4 Å². The molecule has 6 nitrogen and oxygen atoms in total. The molecule has 7 heteroatoms. The summed E-state index contributed by atoms with van der Waals surface area (Å²) in [6.07, 6.45) is 0.461. The van der Waals surface area contributed by atoms with Crippen LogP contribution in [-0.2, 0) is 14.4 Å².